The first kappa shape index (κ1) is 14.6. The summed E-state index contributed by atoms with van der Waals surface area (Å²) in [6.07, 6.45) is 0.238. The summed E-state index contributed by atoms with van der Waals surface area (Å²) < 4.78 is 0. The molecule has 2 aromatic carbocycles. The van der Waals surface area contributed by atoms with Gasteiger partial charge in [0, 0.05) is 16.9 Å². The molecule has 0 unspecified atom stereocenters. The lowest BCUT2D eigenvalue weighted by Crippen LogP contribution is -2.16. The number of nitrogens with one attached hydrogen (secondary N) is 1. The van der Waals surface area contributed by atoms with Crippen molar-refractivity contribution >= 4 is 23.2 Å². The van der Waals surface area contributed by atoms with Gasteiger partial charge in [-0.2, -0.15) is 0 Å². The van der Waals surface area contributed by atoms with E-state index in [0.717, 1.165) is 11.1 Å². The van der Waals surface area contributed by atoms with Crippen LogP contribution in [0.15, 0.2) is 42.5 Å². The maximum Gasteiger partial charge on any atom is 0.248 e. The van der Waals surface area contributed by atoms with Crippen LogP contribution in [0.25, 0.3) is 0 Å². The topological polar surface area (TPSA) is 98.2 Å². The van der Waals surface area contributed by atoms with Gasteiger partial charge in [0.05, 0.1) is 6.42 Å². The van der Waals surface area contributed by atoms with Crippen LogP contribution in [-0.2, 0) is 11.2 Å². The number of primary amides is 1. The largest absolute Gasteiger partial charge is 0.399 e. The highest BCUT2D eigenvalue weighted by Crippen LogP contribution is 2.17. The highest BCUT2D eigenvalue weighted by molar-refractivity contribution is 5.96. The Balaban J connectivity index is 2.08. The number of rotatable bonds is 4. The van der Waals surface area contributed by atoms with Gasteiger partial charge in [0.25, 0.3) is 0 Å². The summed E-state index contributed by atoms with van der Waals surface area (Å²) in [7, 11) is 0. The van der Waals surface area contributed by atoms with Crippen LogP contribution in [0.3, 0.4) is 0 Å². The molecule has 0 aliphatic carbocycles. The molecule has 0 aliphatic rings. The Bertz CT molecular complexity index is 696. The second-order valence-electron chi connectivity index (χ2n) is 4.86. The van der Waals surface area contributed by atoms with E-state index in [1.165, 1.54) is 0 Å². The van der Waals surface area contributed by atoms with Gasteiger partial charge in [0.15, 0.2) is 0 Å². The van der Waals surface area contributed by atoms with Crippen molar-refractivity contribution in [2.24, 2.45) is 5.73 Å². The van der Waals surface area contributed by atoms with E-state index in [1.54, 1.807) is 30.3 Å². The molecule has 0 fully saturated rings. The van der Waals surface area contributed by atoms with Gasteiger partial charge in [-0.05, 0) is 48.4 Å². The highest BCUT2D eigenvalue weighted by atomic mass is 16.2. The number of aryl methyl sites for hydroxylation is 1. The van der Waals surface area contributed by atoms with E-state index in [-0.39, 0.29) is 12.3 Å². The molecule has 0 aliphatic heterocycles. The molecule has 5 N–H and O–H groups in total. The second-order valence-corrected chi connectivity index (χ2v) is 4.86. The number of carbonyl (C=O) groups is 2. The predicted molar refractivity (Wildman–Crippen MR) is 82.9 cm³/mol. The smallest absolute Gasteiger partial charge is 0.248 e. The summed E-state index contributed by atoms with van der Waals surface area (Å²) >= 11 is 0. The van der Waals surface area contributed by atoms with Crippen molar-refractivity contribution in [1.29, 1.82) is 0 Å². The standard InChI is InChI=1S/C16H17N3O2/c1-10-7-12(16(18)21)5-6-14(10)19-15(20)9-11-3-2-4-13(17)8-11/h2-8H,9,17H2,1H3,(H2,18,21)(H,19,20). The Morgan fingerprint density at radius 1 is 1.14 bits per heavy atom. The molecule has 108 valence electrons. The number of hydrogen-bond donors (Lipinski definition) is 3. The lowest BCUT2D eigenvalue weighted by atomic mass is 10.1. The lowest BCUT2D eigenvalue weighted by Gasteiger charge is -2.09. The van der Waals surface area contributed by atoms with Crippen LogP contribution in [-0.4, -0.2) is 11.8 Å². The quantitative estimate of drug-likeness (QED) is 0.747. The molecule has 2 rings (SSSR count). The van der Waals surface area contributed by atoms with Crippen LogP contribution in [0.4, 0.5) is 11.4 Å². The van der Waals surface area contributed by atoms with Crippen LogP contribution >= 0.6 is 0 Å². The number of nitrogens with two attached hydrogens (primary N) is 2. The Kier molecular flexibility index (Phi) is 4.23. The minimum Gasteiger partial charge on any atom is -0.399 e. The van der Waals surface area contributed by atoms with Crippen LogP contribution in [0.2, 0.25) is 0 Å². The van der Waals surface area contributed by atoms with Crippen molar-refractivity contribution < 1.29 is 9.59 Å². The number of amides is 2. The molecule has 0 saturated heterocycles. The molecule has 0 atom stereocenters. The van der Waals surface area contributed by atoms with Gasteiger partial charge in [-0.3, -0.25) is 9.59 Å². The number of carbonyl (C=O) groups excluding carboxylic acids is 2. The summed E-state index contributed by atoms with van der Waals surface area (Å²) in [5.41, 5.74) is 14.2. The zero-order valence-corrected chi connectivity index (χ0v) is 11.7. The van der Waals surface area contributed by atoms with E-state index in [1.807, 2.05) is 19.1 Å². The third-order valence-corrected chi connectivity index (χ3v) is 3.10. The minimum absolute atomic E-state index is 0.143. The predicted octanol–water partition coefficient (Wildman–Crippen LogP) is 1.86. The first-order valence-electron chi connectivity index (χ1n) is 6.50. The van der Waals surface area contributed by atoms with Gasteiger partial charge in [-0.1, -0.05) is 12.1 Å². The molecule has 2 aromatic rings. The summed E-state index contributed by atoms with van der Waals surface area (Å²) in [5, 5.41) is 2.81. The Morgan fingerprint density at radius 2 is 1.90 bits per heavy atom. The molecule has 0 spiro atoms. The van der Waals surface area contributed by atoms with E-state index in [2.05, 4.69) is 5.32 Å². The highest BCUT2D eigenvalue weighted by Gasteiger charge is 2.08. The number of benzene rings is 2. The molecule has 5 nitrogen and oxygen atoms in total. The van der Waals surface area contributed by atoms with Crippen molar-refractivity contribution in [2.45, 2.75) is 13.3 Å². The van der Waals surface area contributed by atoms with Gasteiger partial charge in [-0.25, -0.2) is 0 Å². The van der Waals surface area contributed by atoms with Crippen molar-refractivity contribution in [1.82, 2.24) is 0 Å². The molecule has 0 bridgehead atoms. The maximum atomic E-state index is 12.0. The molecule has 0 aromatic heterocycles. The van der Waals surface area contributed by atoms with Crippen molar-refractivity contribution in [3.05, 3.63) is 59.2 Å². The van der Waals surface area contributed by atoms with E-state index in [0.29, 0.717) is 16.9 Å². The summed E-state index contributed by atoms with van der Waals surface area (Å²) in [5.74, 6) is -0.633. The van der Waals surface area contributed by atoms with Gasteiger partial charge < -0.3 is 16.8 Å². The van der Waals surface area contributed by atoms with Gasteiger partial charge in [0.2, 0.25) is 11.8 Å². The fraction of sp³-hybridized carbons (Fsp3) is 0.125. The maximum absolute atomic E-state index is 12.0. The van der Waals surface area contributed by atoms with Crippen LogP contribution in [0.5, 0.6) is 0 Å². The van der Waals surface area contributed by atoms with Crippen LogP contribution in [0.1, 0.15) is 21.5 Å². The third-order valence-electron chi connectivity index (χ3n) is 3.10. The van der Waals surface area contributed by atoms with Crippen molar-refractivity contribution in [3.63, 3.8) is 0 Å². The monoisotopic (exact) mass is 283 g/mol. The first-order chi connectivity index (χ1) is 9.95. The Labute approximate surface area is 123 Å². The van der Waals surface area contributed by atoms with Gasteiger partial charge in [0.1, 0.15) is 0 Å². The summed E-state index contributed by atoms with van der Waals surface area (Å²) in [6.45, 7) is 1.81. The first-order valence-corrected chi connectivity index (χ1v) is 6.50. The zero-order chi connectivity index (χ0) is 15.4. The molecule has 0 heterocycles. The molecule has 21 heavy (non-hydrogen) atoms. The average molecular weight is 283 g/mol. The molecule has 2 amide bonds. The SMILES string of the molecule is Cc1cc(C(N)=O)ccc1NC(=O)Cc1cccc(N)c1. The normalized spacial score (nSPS) is 10.1. The van der Waals surface area contributed by atoms with Crippen LogP contribution in [0, 0.1) is 6.92 Å². The number of hydrogen-bond acceptors (Lipinski definition) is 3. The Hall–Kier alpha value is -2.82. The molecule has 0 saturated carbocycles. The number of nitrogen functional groups attached to an aromatic ring is 1. The van der Waals surface area contributed by atoms with Crippen molar-refractivity contribution in [3.8, 4) is 0 Å². The fourth-order valence-electron chi connectivity index (χ4n) is 2.04. The van der Waals surface area contributed by atoms with E-state index < -0.39 is 5.91 Å². The van der Waals surface area contributed by atoms with Gasteiger partial charge >= 0.3 is 0 Å². The van der Waals surface area contributed by atoms with E-state index in [4.69, 9.17) is 11.5 Å². The summed E-state index contributed by atoms with van der Waals surface area (Å²) in [4.78, 5) is 23.1. The van der Waals surface area contributed by atoms with Gasteiger partial charge in [-0.15, -0.1) is 0 Å². The fourth-order valence-corrected chi connectivity index (χ4v) is 2.04. The summed E-state index contributed by atoms with van der Waals surface area (Å²) in [6, 6.07) is 12.1. The molecular weight excluding hydrogens is 266 g/mol. The Morgan fingerprint density at radius 3 is 2.52 bits per heavy atom. The molecule has 0 radical (unpaired) electrons. The average Bonchev–Trinajstić information content (AvgIpc) is 2.40. The molecular formula is C16H17N3O2. The second kappa shape index (κ2) is 6.09. The minimum atomic E-state index is -0.490. The third kappa shape index (κ3) is 3.82. The molecule has 5 heteroatoms. The van der Waals surface area contributed by atoms with E-state index >= 15 is 0 Å². The number of anilines is 2. The zero-order valence-electron chi connectivity index (χ0n) is 11.7. The lowest BCUT2D eigenvalue weighted by molar-refractivity contribution is -0.115. The van der Waals surface area contributed by atoms with Crippen LogP contribution < -0.4 is 16.8 Å². The van der Waals surface area contributed by atoms with E-state index in [9.17, 15) is 9.59 Å². The van der Waals surface area contributed by atoms with Crippen molar-refractivity contribution in [2.75, 3.05) is 11.1 Å².